The molecule has 0 N–H and O–H groups in total. The Morgan fingerprint density at radius 1 is 0.957 bits per heavy atom. The van der Waals surface area contributed by atoms with E-state index < -0.39 is 23.3 Å². The van der Waals surface area contributed by atoms with Gasteiger partial charge in [-0.05, 0) is 24.3 Å². The number of ketones is 2. The lowest BCUT2D eigenvalue weighted by atomic mass is 10.1. The van der Waals surface area contributed by atoms with Crippen molar-refractivity contribution in [2.45, 2.75) is 6.92 Å². The molecule has 0 saturated heterocycles. The summed E-state index contributed by atoms with van der Waals surface area (Å²) in [4.78, 5) is 36.0. The molecular weight excluding hydrogens is 297 g/mol. The fourth-order valence-corrected chi connectivity index (χ4v) is 2.49. The first-order chi connectivity index (χ1) is 11.0. The van der Waals surface area contributed by atoms with Gasteiger partial charge in [-0.25, -0.2) is 4.39 Å². The van der Waals surface area contributed by atoms with Gasteiger partial charge in [0.1, 0.15) is 5.82 Å². The summed E-state index contributed by atoms with van der Waals surface area (Å²) in [5.41, 5.74) is 0.550. The van der Waals surface area contributed by atoms with E-state index in [0.717, 1.165) is 6.92 Å². The maximum Gasteiger partial charge on any atom is 0.262 e. The fourth-order valence-electron chi connectivity index (χ4n) is 2.49. The molecule has 0 aliphatic carbocycles. The molecule has 114 valence electrons. The van der Waals surface area contributed by atoms with Crippen molar-refractivity contribution in [3.63, 3.8) is 0 Å². The van der Waals surface area contributed by atoms with E-state index in [9.17, 15) is 18.8 Å². The van der Waals surface area contributed by atoms with Crippen LogP contribution >= 0.6 is 0 Å². The lowest BCUT2D eigenvalue weighted by Crippen LogP contribution is -2.12. The number of aromatic nitrogens is 1. The van der Waals surface area contributed by atoms with Gasteiger partial charge in [-0.15, -0.1) is 0 Å². The van der Waals surface area contributed by atoms with Crippen LogP contribution in [0.25, 0.3) is 10.9 Å². The smallest absolute Gasteiger partial charge is 0.262 e. The number of benzene rings is 2. The lowest BCUT2D eigenvalue weighted by molar-refractivity contribution is -0.113. The van der Waals surface area contributed by atoms with Crippen molar-refractivity contribution in [3.8, 4) is 0 Å². The van der Waals surface area contributed by atoms with Gasteiger partial charge in [-0.2, -0.15) is 0 Å². The van der Waals surface area contributed by atoms with Crippen molar-refractivity contribution < 1.29 is 18.8 Å². The van der Waals surface area contributed by atoms with Crippen molar-refractivity contribution in [1.29, 1.82) is 0 Å². The maximum absolute atomic E-state index is 14.2. The second-order valence-electron chi connectivity index (χ2n) is 5.10. The molecule has 1 aromatic heterocycles. The predicted octanol–water partition coefficient (Wildman–Crippen LogP) is 3.24. The van der Waals surface area contributed by atoms with Crippen LogP contribution in [-0.4, -0.2) is 22.0 Å². The number of rotatable bonds is 3. The molecular formula is C18H12FNO3. The summed E-state index contributed by atoms with van der Waals surface area (Å²) in [5, 5.41) is -0.0167. The lowest BCUT2D eigenvalue weighted by Gasteiger charge is -2.03. The van der Waals surface area contributed by atoms with Gasteiger partial charge < -0.3 is 0 Å². The SMILES string of the molecule is CC(=O)C(=O)c1cn(C(=O)c2ccccc2)c2cccc(F)c12. The molecule has 0 amide bonds. The third-order valence-corrected chi connectivity index (χ3v) is 3.58. The molecule has 4 nitrogen and oxygen atoms in total. The van der Waals surface area contributed by atoms with Crippen LogP contribution in [0.5, 0.6) is 0 Å². The van der Waals surface area contributed by atoms with E-state index in [4.69, 9.17) is 0 Å². The first kappa shape index (κ1) is 14.8. The van der Waals surface area contributed by atoms with E-state index in [1.165, 1.54) is 29.0 Å². The molecule has 0 atom stereocenters. The molecule has 0 saturated carbocycles. The largest absolute Gasteiger partial charge is 0.291 e. The Labute approximate surface area is 131 Å². The third kappa shape index (κ3) is 2.46. The summed E-state index contributed by atoms with van der Waals surface area (Å²) < 4.78 is 15.4. The number of halogens is 1. The first-order valence-corrected chi connectivity index (χ1v) is 6.95. The number of hydrogen-bond donors (Lipinski definition) is 0. The summed E-state index contributed by atoms with van der Waals surface area (Å²) in [6.45, 7) is 1.12. The Balaban J connectivity index is 2.27. The quantitative estimate of drug-likeness (QED) is 0.551. The second-order valence-corrected chi connectivity index (χ2v) is 5.10. The Morgan fingerprint density at radius 2 is 1.65 bits per heavy atom. The zero-order valence-corrected chi connectivity index (χ0v) is 12.2. The molecule has 0 radical (unpaired) electrons. The third-order valence-electron chi connectivity index (χ3n) is 3.58. The molecule has 0 aliphatic rings. The van der Waals surface area contributed by atoms with E-state index in [1.807, 2.05) is 0 Å². The minimum atomic E-state index is -0.820. The van der Waals surface area contributed by atoms with Gasteiger partial charge >= 0.3 is 0 Å². The van der Waals surface area contributed by atoms with Crippen molar-refractivity contribution >= 4 is 28.4 Å². The molecule has 0 bridgehead atoms. The van der Waals surface area contributed by atoms with E-state index in [-0.39, 0.29) is 16.5 Å². The number of fused-ring (bicyclic) bond motifs is 1. The van der Waals surface area contributed by atoms with Crippen molar-refractivity contribution in [3.05, 3.63) is 71.7 Å². The van der Waals surface area contributed by atoms with Crippen molar-refractivity contribution in [1.82, 2.24) is 4.57 Å². The van der Waals surface area contributed by atoms with Gasteiger partial charge in [0, 0.05) is 24.1 Å². The number of nitrogens with zero attached hydrogens (tertiary/aromatic N) is 1. The molecule has 1 heterocycles. The van der Waals surface area contributed by atoms with Crippen LogP contribution in [0.3, 0.4) is 0 Å². The topological polar surface area (TPSA) is 56.1 Å². The highest BCUT2D eigenvalue weighted by molar-refractivity contribution is 6.45. The van der Waals surface area contributed by atoms with Gasteiger partial charge in [0.25, 0.3) is 5.91 Å². The summed E-state index contributed by atoms with van der Waals surface area (Å²) in [6.07, 6.45) is 1.23. The van der Waals surface area contributed by atoms with Crippen molar-refractivity contribution in [2.75, 3.05) is 0 Å². The number of Topliss-reactive ketones (excluding diaryl/α,β-unsaturated/α-hetero) is 2. The molecule has 0 fully saturated rings. The fraction of sp³-hybridized carbons (Fsp3) is 0.0556. The van der Waals surface area contributed by atoms with Crippen LogP contribution in [-0.2, 0) is 4.79 Å². The highest BCUT2D eigenvalue weighted by Gasteiger charge is 2.23. The Bertz CT molecular complexity index is 942. The zero-order valence-electron chi connectivity index (χ0n) is 12.2. The van der Waals surface area contributed by atoms with Gasteiger partial charge in [0.2, 0.25) is 5.78 Å². The number of carbonyl (C=O) groups is 3. The minimum Gasteiger partial charge on any atom is -0.291 e. The average molecular weight is 309 g/mol. The monoisotopic (exact) mass is 309 g/mol. The van der Waals surface area contributed by atoms with Crippen molar-refractivity contribution in [2.24, 2.45) is 0 Å². The highest BCUT2D eigenvalue weighted by Crippen LogP contribution is 2.26. The molecule has 23 heavy (non-hydrogen) atoms. The highest BCUT2D eigenvalue weighted by atomic mass is 19.1. The van der Waals surface area contributed by atoms with Crippen LogP contribution in [0.1, 0.15) is 27.6 Å². The van der Waals surface area contributed by atoms with Crippen LogP contribution in [0.15, 0.2) is 54.7 Å². The minimum absolute atomic E-state index is 0.0167. The summed E-state index contributed by atoms with van der Waals surface area (Å²) in [5.74, 6) is -2.57. The molecule has 5 heteroatoms. The number of hydrogen-bond acceptors (Lipinski definition) is 3. The van der Waals surface area contributed by atoms with E-state index >= 15 is 0 Å². The zero-order chi connectivity index (χ0) is 16.6. The van der Waals surface area contributed by atoms with Gasteiger partial charge in [-0.1, -0.05) is 24.3 Å². The van der Waals surface area contributed by atoms with E-state index in [0.29, 0.717) is 5.56 Å². The average Bonchev–Trinajstić information content (AvgIpc) is 2.95. The Kier molecular flexibility index (Phi) is 3.62. The van der Waals surface area contributed by atoms with Gasteiger partial charge in [-0.3, -0.25) is 19.0 Å². The van der Waals surface area contributed by atoms with E-state index in [2.05, 4.69) is 0 Å². The van der Waals surface area contributed by atoms with Crippen LogP contribution in [0.2, 0.25) is 0 Å². The molecule has 3 aromatic rings. The molecule has 3 rings (SSSR count). The summed E-state index contributed by atoms with van der Waals surface area (Å²) in [7, 11) is 0. The maximum atomic E-state index is 14.2. The number of carbonyl (C=O) groups excluding carboxylic acids is 3. The van der Waals surface area contributed by atoms with Gasteiger partial charge in [0.15, 0.2) is 5.78 Å². The molecule has 2 aromatic carbocycles. The Hall–Kier alpha value is -3.08. The van der Waals surface area contributed by atoms with Crippen LogP contribution in [0.4, 0.5) is 4.39 Å². The normalized spacial score (nSPS) is 10.7. The van der Waals surface area contributed by atoms with E-state index in [1.54, 1.807) is 30.3 Å². The van der Waals surface area contributed by atoms with Gasteiger partial charge in [0.05, 0.1) is 11.1 Å². The van der Waals surface area contributed by atoms with Crippen LogP contribution < -0.4 is 0 Å². The van der Waals surface area contributed by atoms with Crippen LogP contribution in [0, 0.1) is 5.82 Å². The predicted molar refractivity (Wildman–Crippen MR) is 83.1 cm³/mol. The standard InChI is InChI=1S/C18H12FNO3/c1-11(21)17(22)13-10-20(15-9-5-8-14(19)16(13)15)18(23)12-6-3-2-4-7-12/h2-10H,1H3. The first-order valence-electron chi connectivity index (χ1n) is 6.95. The molecule has 0 spiro atoms. The summed E-state index contributed by atoms with van der Waals surface area (Å²) in [6, 6.07) is 12.6. The molecule has 0 unspecified atom stereocenters. The summed E-state index contributed by atoms with van der Waals surface area (Å²) >= 11 is 0. The second kappa shape index (κ2) is 5.61. The Morgan fingerprint density at radius 3 is 2.30 bits per heavy atom. The molecule has 0 aliphatic heterocycles.